The van der Waals surface area contributed by atoms with Gasteiger partial charge in [-0.25, -0.2) is 0 Å². The van der Waals surface area contributed by atoms with Gasteiger partial charge in [0, 0.05) is 69.1 Å². The van der Waals surface area contributed by atoms with Crippen LogP contribution in [-0.4, -0.2) is 60.9 Å². The first kappa shape index (κ1) is 21.3. The number of hydrogen-bond donors (Lipinski definition) is 2. The quantitative estimate of drug-likeness (QED) is 0.605. The molecule has 2 N–H and O–H groups in total. The van der Waals surface area contributed by atoms with Gasteiger partial charge in [-0.3, -0.25) is 9.97 Å². The molecule has 6 rings (SSSR count). The molecule has 8 nitrogen and oxygen atoms in total. The Kier molecular flexibility index (Phi) is 5.53. The van der Waals surface area contributed by atoms with E-state index in [9.17, 15) is 5.26 Å². The number of ether oxygens (including phenoxy) is 1. The first-order valence-corrected chi connectivity index (χ1v) is 12.0. The Labute approximate surface area is 199 Å². The summed E-state index contributed by atoms with van der Waals surface area (Å²) in [6.45, 7) is 8.37. The zero-order valence-corrected chi connectivity index (χ0v) is 19.4. The molecule has 5 heterocycles. The van der Waals surface area contributed by atoms with Crippen LogP contribution in [0.25, 0.3) is 10.9 Å². The van der Waals surface area contributed by atoms with Gasteiger partial charge in [0.15, 0.2) is 0 Å². The Morgan fingerprint density at radius 3 is 2.94 bits per heavy atom. The third-order valence-corrected chi connectivity index (χ3v) is 7.07. The van der Waals surface area contributed by atoms with E-state index in [2.05, 4.69) is 61.6 Å². The van der Waals surface area contributed by atoms with Crippen molar-refractivity contribution in [3.05, 3.63) is 59.5 Å². The van der Waals surface area contributed by atoms with Gasteiger partial charge < -0.3 is 25.2 Å². The van der Waals surface area contributed by atoms with Gasteiger partial charge in [0.1, 0.15) is 6.07 Å². The van der Waals surface area contributed by atoms with Crippen molar-refractivity contribution in [2.75, 3.05) is 42.5 Å². The molecule has 0 amide bonds. The maximum atomic E-state index is 9.46. The van der Waals surface area contributed by atoms with Crippen LogP contribution in [0, 0.1) is 11.3 Å². The standard InChI is InChI=1S/C26H29N7O/c1-17-13-33(25-5-4-18(8-27)26-23(25)3-2-6-29-26)16-22(34-17)11-30-20-14-32(15-20)21-7-19-9-28-12-24(19)31-10-21/h2-7,10,17,20,22,28,30H,9,11-16H2,1H3/t17-,22+/m1/s1. The summed E-state index contributed by atoms with van der Waals surface area (Å²) in [6.07, 6.45) is 3.99. The van der Waals surface area contributed by atoms with Gasteiger partial charge in [-0.05, 0) is 42.8 Å². The molecule has 2 aromatic heterocycles. The minimum Gasteiger partial charge on any atom is -0.370 e. The van der Waals surface area contributed by atoms with Crippen LogP contribution in [0.15, 0.2) is 42.7 Å². The lowest BCUT2D eigenvalue weighted by atomic mass is 10.1. The smallest absolute Gasteiger partial charge is 0.101 e. The van der Waals surface area contributed by atoms with Crippen molar-refractivity contribution in [3.63, 3.8) is 0 Å². The molecule has 3 aliphatic heterocycles. The molecule has 0 bridgehead atoms. The van der Waals surface area contributed by atoms with Crippen LogP contribution in [0.1, 0.15) is 23.7 Å². The van der Waals surface area contributed by atoms with Gasteiger partial charge in [-0.15, -0.1) is 0 Å². The van der Waals surface area contributed by atoms with Gasteiger partial charge in [0.2, 0.25) is 0 Å². The molecular weight excluding hydrogens is 426 g/mol. The number of morpholine rings is 1. The van der Waals surface area contributed by atoms with Crippen LogP contribution < -0.4 is 20.4 Å². The second kappa shape index (κ2) is 8.84. The molecule has 0 spiro atoms. The second-order valence-electron chi connectivity index (χ2n) is 9.53. The van der Waals surface area contributed by atoms with Gasteiger partial charge in [0.25, 0.3) is 0 Å². The van der Waals surface area contributed by atoms with Crippen molar-refractivity contribution in [1.29, 1.82) is 5.26 Å². The van der Waals surface area contributed by atoms with Crippen LogP contribution in [0.2, 0.25) is 0 Å². The molecule has 174 valence electrons. The fourth-order valence-corrected chi connectivity index (χ4v) is 5.32. The fraction of sp³-hybridized carbons (Fsp3) is 0.423. The Morgan fingerprint density at radius 2 is 2.06 bits per heavy atom. The van der Waals surface area contributed by atoms with E-state index in [1.165, 1.54) is 16.9 Å². The molecule has 34 heavy (non-hydrogen) atoms. The normalized spacial score (nSPS) is 22.5. The number of pyridine rings is 2. The van der Waals surface area contributed by atoms with E-state index in [4.69, 9.17) is 4.74 Å². The molecular formula is C26H29N7O. The van der Waals surface area contributed by atoms with Gasteiger partial charge in [0.05, 0.1) is 40.9 Å². The van der Waals surface area contributed by atoms with Crippen LogP contribution in [0.4, 0.5) is 11.4 Å². The molecule has 3 aliphatic rings. The lowest BCUT2D eigenvalue weighted by molar-refractivity contribution is -0.0161. The molecule has 2 fully saturated rings. The van der Waals surface area contributed by atoms with Crippen molar-refractivity contribution >= 4 is 22.3 Å². The molecule has 0 saturated carbocycles. The fourth-order valence-electron chi connectivity index (χ4n) is 5.32. The first-order chi connectivity index (χ1) is 16.7. The van der Waals surface area contributed by atoms with Crippen LogP contribution >= 0.6 is 0 Å². The molecule has 1 aromatic carbocycles. The maximum absolute atomic E-state index is 9.46. The van der Waals surface area contributed by atoms with Gasteiger partial charge >= 0.3 is 0 Å². The summed E-state index contributed by atoms with van der Waals surface area (Å²) >= 11 is 0. The predicted octanol–water partition coefficient (Wildman–Crippen LogP) is 2.18. The predicted molar refractivity (Wildman–Crippen MR) is 132 cm³/mol. The maximum Gasteiger partial charge on any atom is 0.101 e. The van der Waals surface area contributed by atoms with E-state index in [0.29, 0.717) is 11.6 Å². The van der Waals surface area contributed by atoms with E-state index in [0.717, 1.165) is 62.4 Å². The van der Waals surface area contributed by atoms with Crippen molar-refractivity contribution in [2.45, 2.75) is 38.3 Å². The Bertz CT molecular complexity index is 1250. The molecule has 2 saturated heterocycles. The first-order valence-electron chi connectivity index (χ1n) is 12.0. The van der Waals surface area contributed by atoms with Crippen molar-refractivity contribution in [2.24, 2.45) is 0 Å². The minimum absolute atomic E-state index is 0.105. The highest BCUT2D eigenvalue weighted by Crippen LogP contribution is 2.30. The van der Waals surface area contributed by atoms with Crippen molar-refractivity contribution < 1.29 is 4.74 Å². The molecule has 8 heteroatoms. The number of anilines is 2. The summed E-state index contributed by atoms with van der Waals surface area (Å²) in [4.78, 5) is 13.8. The van der Waals surface area contributed by atoms with Crippen molar-refractivity contribution in [1.82, 2.24) is 20.6 Å². The number of nitrogens with zero attached hydrogens (tertiary/aromatic N) is 5. The Balaban J connectivity index is 1.08. The lowest BCUT2D eigenvalue weighted by Crippen LogP contribution is -2.60. The summed E-state index contributed by atoms with van der Waals surface area (Å²) in [6, 6.07) is 12.9. The SMILES string of the molecule is C[C@@H]1CN(c2ccc(C#N)c3ncccc23)C[C@H](CNC2CN(c3cnc4c(c3)CNC4)C2)O1. The monoisotopic (exact) mass is 455 g/mol. The molecule has 3 aromatic rings. The van der Waals surface area contributed by atoms with Crippen LogP contribution in [0.3, 0.4) is 0 Å². The molecule has 0 unspecified atom stereocenters. The summed E-state index contributed by atoms with van der Waals surface area (Å²) in [7, 11) is 0. The average molecular weight is 456 g/mol. The van der Waals surface area contributed by atoms with E-state index in [-0.39, 0.29) is 12.2 Å². The van der Waals surface area contributed by atoms with E-state index >= 15 is 0 Å². The Hall–Kier alpha value is -3.25. The number of nitriles is 1. The zero-order chi connectivity index (χ0) is 23.1. The van der Waals surface area contributed by atoms with Gasteiger partial charge in [-0.1, -0.05) is 0 Å². The second-order valence-corrected chi connectivity index (χ2v) is 9.53. The molecule has 2 atom stereocenters. The largest absolute Gasteiger partial charge is 0.370 e. The molecule has 0 aliphatic carbocycles. The highest BCUT2D eigenvalue weighted by molar-refractivity contribution is 5.95. The number of nitrogens with one attached hydrogen (secondary N) is 2. The number of hydrogen-bond acceptors (Lipinski definition) is 8. The summed E-state index contributed by atoms with van der Waals surface area (Å²) in [5.41, 5.74) is 6.22. The molecule has 0 radical (unpaired) electrons. The summed E-state index contributed by atoms with van der Waals surface area (Å²) in [5, 5.41) is 17.6. The van der Waals surface area contributed by atoms with Crippen molar-refractivity contribution in [3.8, 4) is 6.07 Å². The summed E-state index contributed by atoms with van der Waals surface area (Å²) < 4.78 is 6.27. The van der Waals surface area contributed by atoms with Crippen LogP contribution in [0.5, 0.6) is 0 Å². The third kappa shape index (κ3) is 3.96. The minimum atomic E-state index is 0.105. The van der Waals surface area contributed by atoms with E-state index in [1.54, 1.807) is 6.20 Å². The number of benzene rings is 1. The number of aromatic nitrogens is 2. The third-order valence-electron chi connectivity index (χ3n) is 7.07. The van der Waals surface area contributed by atoms with Gasteiger partial charge in [-0.2, -0.15) is 5.26 Å². The van der Waals surface area contributed by atoms with Crippen LogP contribution in [-0.2, 0) is 17.8 Å². The van der Waals surface area contributed by atoms with E-state index in [1.807, 2.05) is 18.3 Å². The average Bonchev–Trinajstić information content (AvgIpc) is 3.30. The zero-order valence-electron chi connectivity index (χ0n) is 19.4. The highest BCUT2D eigenvalue weighted by atomic mass is 16.5. The number of fused-ring (bicyclic) bond motifs is 2. The Morgan fingerprint density at radius 1 is 1.15 bits per heavy atom. The van der Waals surface area contributed by atoms with E-state index < -0.39 is 0 Å². The topological polar surface area (TPSA) is 89.3 Å². The summed E-state index contributed by atoms with van der Waals surface area (Å²) in [5.74, 6) is 0. The highest BCUT2D eigenvalue weighted by Gasteiger charge is 2.31. The number of rotatable bonds is 5. The lowest BCUT2D eigenvalue weighted by Gasteiger charge is -2.43.